The summed E-state index contributed by atoms with van der Waals surface area (Å²) in [6.45, 7) is 8.14. The number of rotatable bonds is 12. The summed E-state index contributed by atoms with van der Waals surface area (Å²) in [7, 11) is 0. The lowest BCUT2D eigenvalue weighted by atomic mass is 10.1. The molecule has 4 aliphatic heterocycles. The summed E-state index contributed by atoms with van der Waals surface area (Å²) in [5.41, 5.74) is 6.24. The van der Waals surface area contributed by atoms with E-state index in [2.05, 4.69) is 16.9 Å². The topological polar surface area (TPSA) is 127 Å². The van der Waals surface area contributed by atoms with Gasteiger partial charge in [-0.3, -0.25) is 9.59 Å². The van der Waals surface area contributed by atoms with Crippen LogP contribution in [0.3, 0.4) is 0 Å². The Labute approximate surface area is 337 Å². The largest absolute Gasteiger partial charge is 0.457 e. The van der Waals surface area contributed by atoms with E-state index >= 15 is 0 Å². The molecule has 296 valence electrons. The molecule has 0 radical (unpaired) electrons. The van der Waals surface area contributed by atoms with E-state index in [0.717, 1.165) is 70.8 Å². The molecule has 0 bridgehead atoms. The minimum Gasteiger partial charge on any atom is -0.457 e. The number of nitrogens with zero attached hydrogens (tertiary/aromatic N) is 3. The van der Waals surface area contributed by atoms with E-state index in [9.17, 15) is 9.59 Å². The van der Waals surface area contributed by atoms with Crippen molar-refractivity contribution in [2.75, 3.05) is 26.7 Å². The number of nitrogens with one attached hydrogen (secondary N) is 2. The molecule has 2 fully saturated rings. The molecule has 4 aliphatic rings. The molecule has 2 atom stereocenters. The first-order chi connectivity index (χ1) is 28.4. The molecule has 0 unspecified atom stereocenters. The Bertz CT molecular complexity index is 2390. The van der Waals surface area contributed by atoms with E-state index in [-0.39, 0.29) is 50.3 Å². The van der Waals surface area contributed by atoms with Crippen LogP contribution in [0.5, 0.6) is 34.5 Å². The Balaban J connectivity index is 0.806. The lowest BCUT2D eigenvalue weighted by Gasteiger charge is -2.28. The van der Waals surface area contributed by atoms with E-state index in [0.29, 0.717) is 47.6 Å². The van der Waals surface area contributed by atoms with Crippen LogP contribution in [0.25, 0.3) is 17.0 Å². The van der Waals surface area contributed by atoms with Crippen LogP contribution in [-0.4, -0.2) is 64.3 Å². The van der Waals surface area contributed by atoms with Gasteiger partial charge in [-0.1, -0.05) is 36.9 Å². The second-order valence-corrected chi connectivity index (χ2v) is 14.9. The van der Waals surface area contributed by atoms with Crippen molar-refractivity contribution in [2.45, 2.75) is 57.5 Å². The van der Waals surface area contributed by atoms with Crippen LogP contribution in [0.15, 0.2) is 109 Å². The van der Waals surface area contributed by atoms with Gasteiger partial charge in [0.05, 0.1) is 36.8 Å². The van der Waals surface area contributed by atoms with Gasteiger partial charge in [0.25, 0.3) is 0 Å². The van der Waals surface area contributed by atoms with Crippen LogP contribution in [0.2, 0.25) is 0 Å². The Morgan fingerprint density at radius 3 is 2.17 bits per heavy atom. The molecule has 2 amide bonds. The van der Waals surface area contributed by atoms with Gasteiger partial charge in [0.1, 0.15) is 17.3 Å². The maximum Gasteiger partial charge on any atom is 0.231 e. The highest BCUT2D eigenvalue weighted by atomic mass is 16.7. The van der Waals surface area contributed by atoms with Crippen molar-refractivity contribution in [3.05, 3.63) is 132 Å². The fraction of sp³-hybridized carbons (Fsp3) is 0.283. The molecule has 4 aromatic carbocycles. The maximum atomic E-state index is 13.4. The molecule has 5 heterocycles. The highest BCUT2D eigenvalue weighted by Crippen LogP contribution is 2.37. The number of fused-ring (bicyclic) bond motifs is 2. The Kier molecular flexibility index (Phi) is 10.2. The summed E-state index contributed by atoms with van der Waals surface area (Å²) in [5.74, 6) is 5.05. The van der Waals surface area contributed by atoms with Gasteiger partial charge < -0.3 is 43.8 Å². The smallest absolute Gasteiger partial charge is 0.231 e. The average molecular weight is 780 g/mol. The summed E-state index contributed by atoms with van der Waals surface area (Å²) in [5, 5.41) is 3.51. The zero-order chi connectivity index (χ0) is 39.6. The van der Waals surface area contributed by atoms with Crippen LogP contribution < -0.4 is 29.0 Å². The molecule has 1 aromatic heterocycles. The number of benzene rings is 4. The van der Waals surface area contributed by atoms with Crippen molar-refractivity contribution >= 4 is 17.5 Å². The lowest BCUT2D eigenvalue weighted by Crippen LogP contribution is -2.40. The van der Waals surface area contributed by atoms with Gasteiger partial charge in [0, 0.05) is 30.0 Å². The van der Waals surface area contributed by atoms with Crippen molar-refractivity contribution in [1.29, 1.82) is 0 Å². The minimum atomic E-state index is -0.117. The van der Waals surface area contributed by atoms with E-state index in [1.54, 1.807) is 0 Å². The quantitative estimate of drug-likeness (QED) is 0.130. The third kappa shape index (κ3) is 7.69. The molecule has 2 saturated heterocycles. The number of hydrogen-bond donors (Lipinski definition) is 2. The first-order valence-electron chi connectivity index (χ1n) is 19.8. The second kappa shape index (κ2) is 16.0. The summed E-state index contributed by atoms with van der Waals surface area (Å²) in [6, 6.07) is 26.9. The van der Waals surface area contributed by atoms with Crippen LogP contribution in [0.4, 0.5) is 0 Å². The molecule has 58 heavy (non-hydrogen) atoms. The molecule has 12 nitrogen and oxygen atoms in total. The Morgan fingerprint density at radius 2 is 1.47 bits per heavy atom. The van der Waals surface area contributed by atoms with Crippen LogP contribution in [-0.2, 0) is 22.4 Å². The Morgan fingerprint density at radius 1 is 0.810 bits per heavy atom. The van der Waals surface area contributed by atoms with Gasteiger partial charge in [-0.15, -0.1) is 0 Å². The van der Waals surface area contributed by atoms with Gasteiger partial charge >= 0.3 is 0 Å². The van der Waals surface area contributed by atoms with Crippen LogP contribution >= 0.6 is 0 Å². The number of allylic oxidation sites excluding steroid dienone is 1. The predicted octanol–water partition coefficient (Wildman–Crippen LogP) is 7.93. The normalized spacial score (nSPS) is 18.1. The van der Waals surface area contributed by atoms with E-state index in [1.807, 2.05) is 114 Å². The molecule has 0 spiro atoms. The summed E-state index contributed by atoms with van der Waals surface area (Å²) in [4.78, 5) is 39.0. The first kappa shape index (κ1) is 36.9. The molecular weight excluding hydrogens is 735 g/mol. The summed E-state index contributed by atoms with van der Waals surface area (Å²) in [6.07, 6.45) is 7.94. The minimum absolute atomic E-state index is 0.0600. The number of H-pyrrole nitrogens is 1. The number of likely N-dealkylation sites (tertiary alicyclic amines) is 2. The number of carbonyl (C=O) groups is 2. The monoisotopic (exact) mass is 779 g/mol. The molecule has 0 aliphatic carbocycles. The van der Waals surface area contributed by atoms with Crippen molar-refractivity contribution < 1.29 is 33.3 Å². The van der Waals surface area contributed by atoms with E-state index in [4.69, 9.17) is 28.7 Å². The fourth-order valence-electron chi connectivity index (χ4n) is 8.22. The van der Waals surface area contributed by atoms with Gasteiger partial charge in [-0.2, -0.15) is 0 Å². The number of ether oxygens (including phenoxy) is 5. The predicted molar refractivity (Wildman–Crippen MR) is 217 cm³/mol. The van der Waals surface area contributed by atoms with Crippen molar-refractivity contribution in [1.82, 2.24) is 25.1 Å². The molecule has 9 rings (SSSR count). The number of imidazole rings is 1. The third-order valence-corrected chi connectivity index (χ3v) is 11.2. The van der Waals surface area contributed by atoms with Gasteiger partial charge in [-0.05, 0) is 110 Å². The van der Waals surface area contributed by atoms with Gasteiger partial charge in [0.15, 0.2) is 23.0 Å². The van der Waals surface area contributed by atoms with Crippen molar-refractivity contribution in [3.8, 4) is 45.8 Å². The third-order valence-electron chi connectivity index (χ3n) is 11.2. The zero-order valence-corrected chi connectivity index (χ0v) is 32.4. The average Bonchev–Trinajstić information content (AvgIpc) is 4.10. The molecular formula is C46H45N5O7. The number of amides is 2. The first-order valence-corrected chi connectivity index (χ1v) is 19.8. The highest BCUT2D eigenvalue weighted by molar-refractivity contribution is 5.81. The summed E-state index contributed by atoms with van der Waals surface area (Å²) < 4.78 is 28.1. The number of aromatic nitrogens is 2. The summed E-state index contributed by atoms with van der Waals surface area (Å²) >= 11 is 0. The number of carbonyl (C=O) groups excluding carboxylic acids is 2. The maximum absolute atomic E-state index is 13.4. The number of aromatic amines is 1. The SMILES string of the molecule is C=C(N/C(=C\C)c1ccc(Oc2cccc(-c3cnc([C@@H]4CCCN4C(=O)Cc4ccc5c(c4)OCO5)[nH]3)c2)cc1)[C@@H]1CCCN1C(=O)Cc1ccc2c(c1)OCO2. The molecule has 5 aromatic rings. The van der Waals surface area contributed by atoms with E-state index < -0.39 is 0 Å². The molecule has 2 N–H and O–H groups in total. The van der Waals surface area contributed by atoms with Crippen LogP contribution in [0, 0.1) is 0 Å². The van der Waals surface area contributed by atoms with Crippen molar-refractivity contribution in [2.24, 2.45) is 0 Å². The molecule has 0 saturated carbocycles. The van der Waals surface area contributed by atoms with Crippen molar-refractivity contribution in [3.63, 3.8) is 0 Å². The number of hydrogen-bond acceptors (Lipinski definition) is 9. The van der Waals surface area contributed by atoms with Gasteiger partial charge in [0.2, 0.25) is 25.4 Å². The molecule has 12 heteroatoms. The van der Waals surface area contributed by atoms with Gasteiger partial charge in [-0.25, -0.2) is 4.98 Å². The standard InChI is InChI=1S/C46H45N5O7/c1-3-36(48-29(2)38-9-5-19-50(38)44(52)23-30-11-17-40-42(21-30)56-27-54-40)32-13-15-34(16-14-32)58-35-8-4-7-33(25-35)37-26-47-46(49-37)39-10-6-20-51(39)45(53)24-31-12-18-41-43(22-31)57-28-55-41/h3-4,7-8,11-18,21-22,25-26,38-39,48H,2,5-6,9-10,19-20,23-24,27-28H2,1H3,(H,47,49)/b36-3-/t38-,39-/m0/s1. The lowest BCUT2D eigenvalue weighted by molar-refractivity contribution is -0.132. The zero-order valence-electron chi connectivity index (χ0n) is 32.4. The van der Waals surface area contributed by atoms with E-state index in [1.165, 1.54) is 0 Å². The van der Waals surface area contributed by atoms with Crippen LogP contribution in [0.1, 0.15) is 61.2 Å². The highest BCUT2D eigenvalue weighted by Gasteiger charge is 2.33. The second-order valence-electron chi connectivity index (χ2n) is 14.9. The fourth-order valence-corrected chi connectivity index (χ4v) is 8.22. The Hall–Kier alpha value is -6.69.